The highest BCUT2D eigenvalue weighted by Gasteiger charge is 2.22. The number of rotatable bonds is 2. The van der Waals surface area contributed by atoms with Crippen LogP contribution in [0.4, 0.5) is 5.82 Å². The molecule has 5 nitrogen and oxygen atoms in total. The van der Waals surface area contributed by atoms with Gasteiger partial charge in [0.25, 0.3) is 0 Å². The predicted octanol–water partition coefficient (Wildman–Crippen LogP) is 3.73. The molecular formula is C16H11N3O2. The maximum Gasteiger partial charge on any atom is 0.232 e. The van der Waals surface area contributed by atoms with Crippen molar-refractivity contribution in [3.8, 4) is 22.6 Å². The van der Waals surface area contributed by atoms with Gasteiger partial charge in [0.05, 0.1) is 17.2 Å². The summed E-state index contributed by atoms with van der Waals surface area (Å²) in [5.41, 5.74) is 8.16. The van der Waals surface area contributed by atoms with Gasteiger partial charge in [-0.1, -0.05) is 30.3 Å². The van der Waals surface area contributed by atoms with E-state index in [4.69, 9.17) is 14.6 Å². The molecule has 0 radical (unpaired) electrons. The summed E-state index contributed by atoms with van der Waals surface area (Å²) < 4.78 is 11.4. The molecule has 0 saturated carbocycles. The first-order chi connectivity index (χ1) is 10.3. The molecule has 102 valence electrons. The van der Waals surface area contributed by atoms with E-state index < -0.39 is 0 Å². The molecule has 0 bridgehead atoms. The lowest BCUT2D eigenvalue weighted by Crippen LogP contribution is -1.92. The fourth-order valence-electron chi connectivity index (χ4n) is 2.40. The van der Waals surface area contributed by atoms with Crippen LogP contribution in [0.2, 0.25) is 0 Å². The Kier molecular flexibility index (Phi) is 2.50. The van der Waals surface area contributed by atoms with E-state index in [2.05, 4.69) is 9.97 Å². The van der Waals surface area contributed by atoms with Gasteiger partial charge in [0, 0.05) is 5.56 Å². The van der Waals surface area contributed by atoms with Gasteiger partial charge in [0.2, 0.25) is 5.71 Å². The van der Waals surface area contributed by atoms with Crippen LogP contribution >= 0.6 is 0 Å². The highest BCUT2D eigenvalue weighted by Crippen LogP contribution is 2.41. The van der Waals surface area contributed by atoms with Crippen LogP contribution in [-0.2, 0) is 0 Å². The SMILES string of the molecule is Nc1ncnc2oc(-c3ccccc3)c(-c3ccco3)c12. The molecule has 21 heavy (non-hydrogen) atoms. The molecule has 3 aromatic heterocycles. The van der Waals surface area contributed by atoms with Gasteiger partial charge < -0.3 is 14.6 Å². The summed E-state index contributed by atoms with van der Waals surface area (Å²) in [6.07, 6.45) is 3.00. The lowest BCUT2D eigenvalue weighted by Gasteiger charge is -2.00. The lowest BCUT2D eigenvalue weighted by molar-refractivity contribution is 0.578. The second-order valence-corrected chi connectivity index (χ2v) is 4.59. The third-order valence-corrected chi connectivity index (χ3v) is 3.32. The van der Waals surface area contributed by atoms with Crippen LogP contribution < -0.4 is 5.73 Å². The zero-order chi connectivity index (χ0) is 14.2. The third kappa shape index (κ3) is 1.79. The van der Waals surface area contributed by atoms with Crippen molar-refractivity contribution in [2.24, 2.45) is 0 Å². The van der Waals surface area contributed by atoms with Crippen LogP contribution in [0.25, 0.3) is 33.7 Å². The molecule has 0 aliphatic carbocycles. The van der Waals surface area contributed by atoms with E-state index in [1.54, 1.807) is 6.26 Å². The number of fused-ring (bicyclic) bond motifs is 1. The molecule has 0 amide bonds. The summed E-state index contributed by atoms with van der Waals surface area (Å²) in [5.74, 6) is 1.72. The Hall–Kier alpha value is -3.08. The highest BCUT2D eigenvalue weighted by molar-refractivity contribution is 6.04. The Balaban J connectivity index is 2.12. The fraction of sp³-hybridized carbons (Fsp3) is 0. The molecule has 4 rings (SSSR count). The number of furan rings is 2. The minimum absolute atomic E-state index is 0.373. The molecule has 0 aliphatic rings. The summed E-state index contributed by atoms with van der Waals surface area (Å²) in [7, 11) is 0. The van der Waals surface area contributed by atoms with Crippen LogP contribution in [0.5, 0.6) is 0 Å². The molecule has 0 saturated heterocycles. The van der Waals surface area contributed by atoms with Crippen molar-refractivity contribution >= 4 is 16.9 Å². The first kappa shape index (κ1) is 11.7. The summed E-state index contributed by atoms with van der Waals surface area (Å²) in [6.45, 7) is 0. The topological polar surface area (TPSA) is 78.1 Å². The molecule has 0 fully saturated rings. The van der Waals surface area contributed by atoms with Crippen LogP contribution in [-0.4, -0.2) is 9.97 Å². The summed E-state index contributed by atoms with van der Waals surface area (Å²) in [4.78, 5) is 8.21. The molecule has 3 heterocycles. The molecule has 0 atom stereocenters. The van der Waals surface area contributed by atoms with Crippen molar-refractivity contribution in [1.82, 2.24) is 9.97 Å². The maximum absolute atomic E-state index is 6.00. The number of aromatic nitrogens is 2. The fourth-order valence-corrected chi connectivity index (χ4v) is 2.40. The molecule has 0 aliphatic heterocycles. The van der Waals surface area contributed by atoms with Gasteiger partial charge in [-0.2, -0.15) is 0 Å². The smallest absolute Gasteiger partial charge is 0.232 e. The number of nitrogens with two attached hydrogens (primary N) is 1. The van der Waals surface area contributed by atoms with Crippen molar-refractivity contribution in [2.45, 2.75) is 0 Å². The first-order valence-electron chi connectivity index (χ1n) is 6.47. The lowest BCUT2D eigenvalue weighted by atomic mass is 10.0. The average Bonchev–Trinajstić information content (AvgIpc) is 3.15. The van der Waals surface area contributed by atoms with E-state index in [1.165, 1.54) is 6.33 Å². The Morgan fingerprint density at radius 3 is 2.57 bits per heavy atom. The summed E-state index contributed by atoms with van der Waals surface area (Å²) >= 11 is 0. The second kappa shape index (κ2) is 4.49. The average molecular weight is 277 g/mol. The van der Waals surface area contributed by atoms with E-state index >= 15 is 0 Å². The van der Waals surface area contributed by atoms with Crippen molar-refractivity contribution < 1.29 is 8.83 Å². The molecule has 1 aromatic carbocycles. The molecule has 5 heteroatoms. The minimum Gasteiger partial charge on any atom is -0.464 e. The van der Waals surface area contributed by atoms with Crippen molar-refractivity contribution in [1.29, 1.82) is 0 Å². The largest absolute Gasteiger partial charge is 0.464 e. The van der Waals surface area contributed by atoms with Gasteiger partial charge in [0.15, 0.2) is 0 Å². The number of nitrogen functional groups attached to an aromatic ring is 1. The zero-order valence-corrected chi connectivity index (χ0v) is 11.0. The monoisotopic (exact) mass is 277 g/mol. The van der Waals surface area contributed by atoms with Gasteiger partial charge in [-0.25, -0.2) is 9.97 Å². The van der Waals surface area contributed by atoms with Gasteiger partial charge in [-0.15, -0.1) is 0 Å². The van der Waals surface area contributed by atoms with E-state index in [1.807, 2.05) is 42.5 Å². The standard InChI is InChI=1S/C16H11N3O2/c17-15-13-12(11-7-4-8-20-11)14(10-5-2-1-3-6-10)21-16(13)19-9-18-15/h1-9H,(H2,17,18,19). The van der Waals surface area contributed by atoms with Gasteiger partial charge in [0.1, 0.15) is 23.7 Å². The normalized spacial score (nSPS) is 11.0. The van der Waals surface area contributed by atoms with Gasteiger partial charge >= 0.3 is 0 Å². The maximum atomic E-state index is 6.00. The van der Waals surface area contributed by atoms with E-state index in [0.717, 1.165) is 11.1 Å². The van der Waals surface area contributed by atoms with E-state index in [9.17, 15) is 0 Å². The molecular weight excluding hydrogens is 266 g/mol. The zero-order valence-electron chi connectivity index (χ0n) is 11.0. The molecule has 0 unspecified atom stereocenters. The Morgan fingerprint density at radius 2 is 1.81 bits per heavy atom. The first-order valence-corrected chi connectivity index (χ1v) is 6.47. The highest BCUT2D eigenvalue weighted by atomic mass is 16.4. The Labute approximate surface area is 120 Å². The van der Waals surface area contributed by atoms with Crippen LogP contribution in [0.1, 0.15) is 0 Å². The van der Waals surface area contributed by atoms with Crippen LogP contribution in [0.3, 0.4) is 0 Å². The van der Waals surface area contributed by atoms with E-state index in [-0.39, 0.29) is 0 Å². The van der Waals surface area contributed by atoms with Crippen LogP contribution in [0.15, 0.2) is 63.9 Å². The van der Waals surface area contributed by atoms with Gasteiger partial charge in [-0.05, 0) is 12.1 Å². The van der Waals surface area contributed by atoms with Crippen molar-refractivity contribution in [2.75, 3.05) is 5.73 Å². The third-order valence-electron chi connectivity index (χ3n) is 3.32. The Morgan fingerprint density at radius 1 is 0.952 bits per heavy atom. The van der Waals surface area contributed by atoms with Crippen LogP contribution in [0, 0.1) is 0 Å². The van der Waals surface area contributed by atoms with E-state index in [0.29, 0.717) is 28.4 Å². The molecule has 4 aromatic rings. The molecule has 2 N–H and O–H groups in total. The predicted molar refractivity (Wildman–Crippen MR) is 79.4 cm³/mol. The summed E-state index contributed by atoms with van der Waals surface area (Å²) in [6, 6.07) is 13.5. The van der Waals surface area contributed by atoms with Crippen molar-refractivity contribution in [3.05, 3.63) is 55.1 Å². The molecule has 0 spiro atoms. The quantitative estimate of drug-likeness (QED) is 0.604. The second-order valence-electron chi connectivity index (χ2n) is 4.59. The minimum atomic E-state index is 0.373. The number of anilines is 1. The number of hydrogen-bond donors (Lipinski definition) is 1. The number of benzene rings is 1. The Bertz CT molecular complexity index is 896. The van der Waals surface area contributed by atoms with Gasteiger partial charge in [-0.3, -0.25) is 0 Å². The number of hydrogen-bond acceptors (Lipinski definition) is 5. The van der Waals surface area contributed by atoms with Crippen molar-refractivity contribution in [3.63, 3.8) is 0 Å². The number of nitrogens with zero attached hydrogens (tertiary/aromatic N) is 2. The summed E-state index contributed by atoms with van der Waals surface area (Å²) in [5, 5.41) is 0.673.